The van der Waals surface area contributed by atoms with E-state index in [2.05, 4.69) is 35.9 Å². The second-order valence-corrected chi connectivity index (χ2v) is 6.00. The number of nitrogens with one attached hydrogen (secondary N) is 3. The second-order valence-electron chi connectivity index (χ2n) is 5.27. The minimum absolute atomic E-state index is 0.159. The van der Waals surface area contributed by atoms with Gasteiger partial charge in [0.25, 0.3) is 0 Å². The molecule has 154 valence electrons. The highest BCUT2D eigenvalue weighted by Gasteiger charge is 2.30. The van der Waals surface area contributed by atoms with Crippen LogP contribution in [0.1, 0.15) is 6.42 Å². The van der Waals surface area contributed by atoms with Crippen molar-refractivity contribution >= 4 is 54.9 Å². The SMILES string of the molecule is NC(CO)C(=O)NC(CS)C(=O)NC(CS)C(=O)NC(CC(=O)O)C(=O)O. The molecule has 0 saturated carbocycles. The number of carbonyl (C=O) groups is 5. The standard InChI is InChI=1S/C13H22N4O8S2/c14-5(2-18)10(21)16-7(3-26)12(23)17-8(4-27)11(22)15-6(13(24)25)1-9(19)20/h5-8,18,26-27H,1-4,14H2,(H,15,22)(H,16,21)(H,17,23)(H,19,20)(H,24,25). The van der Waals surface area contributed by atoms with E-state index < -0.39 is 66.9 Å². The molecular weight excluding hydrogens is 404 g/mol. The molecule has 0 saturated heterocycles. The number of aliphatic hydroxyl groups excluding tert-OH is 1. The van der Waals surface area contributed by atoms with E-state index in [4.69, 9.17) is 21.1 Å². The van der Waals surface area contributed by atoms with Crippen LogP contribution < -0.4 is 21.7 Å². The highest BCUT2D eigenvalue weighted by Crippen LogP contribution is 1.98. The van der Waals surface area contributed by atoms with Crippen molar-refractivity contribution in [3.8, 4) is 0 Å². The maximum atomic E-state index is 12.2. The molecule has 0 aliphatic rings. The van der Waals surface area contributed by atoms with Crippen LogP contribution in [0.3, 0.4) is 0 Å². The molecule has 0 spiro atoms. The topological polar surface area (TPSA) is 208 Å². The lowest BCUT2D eigenvalue weighted by Crippen LogP contribution is -2.58. The summed E-state index contributed by atoms with van der Waals surface area (Å²) < 4.78 is 0. The van der Waals surface area contributed by atoms with Crippen molar-refractivity contribution in [2.24, 2.45) is 5.73 Å². The molecule has 27 heavy (non-hydrogen) atoms. The van der Waals surface area contributed by atoms with Crippen LogP contribution in [-0.4, -0.2) is 87.3 Å². The lowest BCUT2D eigenvalue weighted by Gasteiger charge is -2.23. The van der Waals surface area contributed by atoms with Gasteiger partial charge in [-0.2, -0.15) is 25.3 Å². The van der Waals surface area contributed by atoms with Crippen LogP contribution in [0, 0.1) is 0 Å². The maximum Gasteiger partial charge on any atom is 0.326 e. The van der Waals surface area contributed by atoms with E-state index >= 15 is 0 Å². The van der Waals surface area contributed by atoms with E-state index in [0.717, 1.165) is 0 Å². The number of carboxylic acids is 2. The van der Waals surface area contributed by atoms with Gasteiger partial charge in [-0.15, -0.1) is 0 Å². The molecule has 3 amide bonds. The Morgan fingerprint density at radius 2 is 1.22 bits per heavy atom. The van der Waals surface area contributed by atoms with Crippen molar-refractivity contribution in [1.82, 2.24) is 16.0 Å². The quantitative estimate of drug-likeness (QED) is 0.140. The van der Waals surface area contributed by atoms with E-state index in [9.17, 15) is 24.0 Å². The zero-order chi connectivity index (χ0) is 21.1. The van der Waals surface area contributed by atoms with Gasteiger partial charge in [0, 0.05) is 11.5 Å². The van der Waals surface area contributed by atoms with E-state index in [0.29, 0.717) is 0 Å². The Kier molecular flexibility index (Phi) is 11.4. The second kappa shape index (κ2) is 12.4. The number of carboxylic acid groups (broad SMARTS) is 2. The van der Waals surface area contributed by atoms with Gasteiger partial charge in [-0.3, -0.25) is 19.2 Å². The maximum absolute atomic E-state index is 12.2. The molecule has 0 heterocycles. The van der Waals surface area contributed by atoms with Crippen LogP contribution >= 0.6 is 25.3 Å². The molecule has 0 bridgehead atoms. The van der Waals surface area contributed by atoms with Crippen LogP contribution in [0.15, 0.2) is 0 Å². The fraction of sp³-hybridized carbons (Fsp3) is 0.615. The minimum Gasteiger partial charge on any atom is -0.481 e. The summed E-state index contributed by atoms with van der Waals surface area (Å²) in [5.74, 6) is -6.01. The smallest absolute Gasteiger partial charge is 0.326 e. The monoisotopic (exact) mass is 426 g/mol. The van der Waals surface area contributed by atoms with E-state index in [1.807, 2.05) is 5.32 Å². The summed E-state index contributed by atoms with van der Waals surface area (Å²) in [4.78, 5) is 57.6. The van der Waals surface area contributed by atoms with Crippen LogP contribution in [0.25, 0.3) is 0 Å². The molecule has 0 aliphatic carbocycles. The molecule has 0 aromatic carbocycles. The van der Waals surface area contributed by atoms with Crippen molar-refractivity contribution in [2.75, 3.05) is 18.1 Å². The summed E-state index contributed by atoms with van der Waals surface area (Å²) in [6.45, 7) is -0.644. The lowest BCUT2D eigenvalue weighted by atomic mass is 10.2. The van der Waals surface area contributed by atoms with E-state index in [1.165, 1.54) is 0 Å². The Morgan fingerprint density at radius 1 is 0.815 bits per heavy atom. The lowest BCUT2D eigenvalue weighted by molar-refractivity contribution is -0.147. The van der Waals surface area contributed by atoms with Crippen molar-refractivity contribution in [1.29, 1.82) is 0 Å². The molecule has 4 atom stereocenters. The zero-order valence-corrected chi connectivity index (χ0v) is 15.8. The molecular formula is C13H22N4O8S2. The van der Waals surface area contributed by atoms with Gasteiger partial charge in [0.2, 0.25) is 17.7 Å². The van der Waals surface area contributed by atoms with Crippen LogP contribution in [0.2, 0.25) is 0 Å². The van der Waals surface area contributed by atoms with Crippen molar-refractivity contribution in [3.05, 3.63) is 0 Å². The molecule has 0 fully saturated rings. The molecule has 8 N–H and O–H groups in total. The molecule has 0 rings (SSSR count). The predicted octanol–water partition coefficient (Wildman–Crippen LogP) is -3.82. The third-order valence-corrected chi connectivity index (χ3v) is 3.89. The zero-order valence-electron chi connectivity index (χ0n) is 14.0. The van der Waals surface area contributed by atoms with Gasteiger partial charge in [0.05, 0.1) is 13.0 Å². The molecule has 14 heteroatoms. The number of rotatable bonds is 12. The first-order valence-corrected chi connectivity index (χ1v) is 8.77. The Morgan fingerprint density at radius 3 is 1.56 bits per heavy atom. The van der Waals surface area contributed by atoms with Crippen molar-refractivity contribution < 1.29 is 39.3 Å². The van der Waals surface area contributed by atoms with Gasteiger partial charge in [0.15, 0.2) is 0 Å². The average Bonchev–Trinajstić information content (AvgIpc) is 2.61. The fourth-order valence-corrected chi connectivity index (χ4v) is 2.18. The van der Waals surface area contributed by atoms with Crippen LogP contribution in [0.4, 0.5) is 0 Å². The fourth-order valence-electron chi connectivity index (χ4n) is 1.67. The summed E-state index contributed by atoms with van der Waals surface area (Å²) >= 11 is 7.80. The molecule has 0 aromatic rings. The Hall–Kier alpha value is -2.03. The number of carbonyl (C=O) groups excluding carboxylic acids is 3. The largest absolute Gasteiger partial charge is 0.481 e. The van der Waals surface area contributed by atoms with Gasteiger partial charge in [-0.25, -0.2) is 4.79 Å². The summed E-state index contributed by atoms with van der Waals surface area (Å²) in [6.07, 6.45) is -0.858. The van der Waals surface area contributed by atoms with Crippen molar-refractivity contribution in [3.63, 3.8) is 0 Å². The summed E-state index contributed by atoms with van der Waals surface area (Å²) in [6, 6.07) is -5.45. The average molecular weight is 426 g/mol. The third kappa shape index (κ3) is 8.94. The molecule has 0 aliphatic heterocycles. The first-order valence-electron chi connectivity index (χ1n) is 7.51. The van der Waals surface area contributed by atoms with Gasteiger partial charge in [-0.05, 0) is 0 Å². The molecule has 0 radical (unpaired) electrons. The van der Waals surface area contributed by atoms with Gasteiger partial charge >= 0.3 is 11.9 Å². The van der Waals surface area contributed by atoms with Gasteiger partial charge in [-0.1, -0.05) is 0 Å². The molecule has 4 unspecified atom stereocenters. The van der Waals surface area contributed by atoms with E-state index in [1.54, 1.807) is 0 Å². The number of nitrogens with two attached hydrogens (primary N) is 1. The molecule has 0 aromatic heterocycles. The number of hydrogen-bond donors (Lipinski definition) is 9. The highest BCUT2D eigenvalue weighted by atomic mass is 32.1. The Balaban J connectivity index is 4.98. The number of amides is 3. The number of hydrogen-bond acceptors (Lipinski definition) is 9. The third-order valence-electron chi connectivity index (χ3n) is 3.16. The van der Waals surface area contributed by atoms with Crippen LogP contribution in [-0.2, 0) is 24.0 Å². The Bertz CT molecular complexity index is 577. The molecule has 12 nitrogen and oxygen atoms in total. The Labute approximate surface area is 165 Å². The number of aliphatic hydroxyl groups is 1. The number of aliphatic carboxylic acids is 2. The van der Waals surface area contributed by atoms with E-state index in [-0.39, 0.29) is 11.5 Å². The first kappa shape index (κ1) is 25.0. The van der Waals surface area contributed by atoms with Gasteiger partial charge in [0.1, 0.15) is 24.2 Å². The minimum atomic E-state index is -1.70. The summed E-state index contributed by atoms with van der Waals surface area (Å²) in [5.41, 5.74) is 5.32. The van der Waals surface area contributed by atoms with Gasteiger partial charge < -0.3 is 37.0 Å². The van der Waals surface area contributed by atoms with Crippen LogP contribution in [0.5, 0.6) is 0 Å². The summed E-state index contributed by atoms with van der Waals surface area (Å²) in [7, 11) is 0. The number of thiol groups is 2. The predicted molar refractivity (Wildman–Crippen MR) is 98.4 cm³/mol. The van der Waals surface area contributed by atoms with Crippen molar-refractivity contribution in [2.45, 2.75) is 30.6 Å². The normalized spacial score (nSPS) is 15.0. The first-order chi connectivity index (χ1) is 12.6. The highest BCUT2D eigenvalue weighted by molar-refractivity contribution is 7.80. The summed E-state index contributed by atoms with van der Waals surface area (Å²) in [5, 5.41) is 32.9.